The molecule has 21 heavy (non-hydrogen) atoms. The number of benzene rings is 1. The van der Waals surface area contributed by atoms with Crippen LogP contribution < -0.4 is 0 Å². The third-order valence-corrected chi connectivity index (χ3v) is 4.06. The maximum absolute atomic E-state index is 13.2. The van der Waals surface area contributed by atoms with E-state index in [1.807, 2.05) is 13.8 Å². The smallest absolute Gasteiger partial charge is 0.217 e. The highest BCUT2D eigenvalue weighted by atomic mass is 19.1. The largest absolute Gasteiger partial charge is 0.453 e. The third-order valence-electron chi connectivity index (χ3n) is 4.06. The first-order valence-corrected chi connectivity index (χ1v) is 7.05. The van der Waals surface area contributed by atoms with Crippen molar-refractivity contribution in [1.29, 1.82) is 0 Å². The van der Waals surface area contributed by atoms with E-state index in [9.17, 15) is 9.18 Å². The summed E-state index contributed by atoms with van der Waals surface area (Å²) in [7, 11) is 0. The zero-order valence-electron chi connectivity index (χ0n) is 12.2. The van der Waals surface area contributed by atoms with E-state index >= 15 is 0 Å². The standard InChI is InChI=1S/C16H18FNO3/c1-16(2,18-5-7-20-8-6-18)15(19)14-10-11-9-12(17)3-4-13(11)21-14/h3-4,9-10H,5-8H2,1-2H3. The van der Waals surface area contributed by atoms with Crippen molar-refractivity contribution in [2.45, 2.75) is 19.4 Å². The summed E-state index contributed by atoms with van der Waals surface area (Å²) in [5, 5.41) is 0.608. The predicted octanol–water partition coefficient (Wildman–Crippen LogP) is 2.87. The minimum atomic E-state index is -0.670. The number of halogens is 1. The van der Waals surface area contributed by atoms with Crippen molar-refractivity contribution in [3.8, 4) is 0 Å². The Morgan fingerprint density at radius 2 is 1.95 bits per heavy atom. The van der Waals surface area contributed by atoms with Gasteiger partial charge in [0.1, 0.15) is 11.4 Å². The van der Waals surface area contributed by atoms with Crippen LogP contribution in [0.15, 0.2) is 28.7 Å². The molecular weight excluding hydrogens is 273 g/mol. The highest BCUT2D eigenvalue weighted by molar-refractivity contribution is 6.03. The average molecular weight is 291 g/mol. The molecule has 1 aliphatic rings. The molecule has 0 unspecified atom stereocenters. The van der Waals surface area contributed by atoms with Crippen LogP contribution in [0.25, 0.3) is 11.0 Å². The number of ether oxygens (including phenoxy) is 1. The molecule has 0 aliphatic carbocycles. The minimum Gasteiger partial charge on any atom is -0.453 e. The molecular formula is C16H18FNO3. The highest BCUT2D eigenvalue weighted by Crippen LogP contribution is 2.26. The summed E-state index contributed by atoms with van der Waals surface area (Å²) in [6.45, 7) is 6.45. The van der Waals surface area contributed by atoms with Crippen molar-refractivity contribution in [3.63, 3.8) is 0 Å². The Morgan fingerprint density at radius 1 is 1.24 bits per heavy atom. The molecule has 0 atom stereocenters. The van der Waals surface area contributed by atoms with Gasteiger partial charge in [0, 0.05) is 18.5 Å². The quantitative estimate of drug-likeness (QED) is 0.816. The summed E-state index contributed by atoms with van der Waals surface area (Å²) < 4.78 is 24.1. The second-order valence-corrected chi connectivity index (χ2v) is 5.78. The Kier molecular flexibility index (Phi) is 3.55. The Balaban J connectivity index is 1.91. The van der Waals surface area contributed by atoms with Gasteiger partial charge >= 0.3 is 0 Å². The number of morpholine rings is 1. The van der Waals surface area contributed by atoms with Crippen molar-refractivity contribution in [2.75, 3.05) is 26.3 Å². The lowest BCUT2D eigenvalue weighted by Crippen LogP contribution is -2.54. The van der Waals surface area contributed by atoms with E-state index in [2.05, 4.69) is 4.90 Å². The summed E-state index contributed by atoms with van der Waals surface area (Å²) >= 11 is 0. The van der Waals surface area contributed by atoms with Crippen molar-refractivity contribution in [3.05, 3.63) is 35.8 Å². The van der Waals surface area contributed by atoms with E-state index in [0.717, 1.165) is 0 Å². The Bertz CT molecular complexity index is 671. The Morgan fingerprint density at radius 3 is 2.67 bits per heavy atom. The molecule has 1 aromatic heterocycles. The van der Waals surface area contributed by atoms with Crippen molar-refractivity contribution in [1.82, 2.24) is 4.90 Å². The van der Waals surface area contributed by atoms with Crippen LogP contribution in [-0.2, 0) is 4.74 Å². The summed E-state index contributed by atoms with van der Waals surface area (Å²) in [6, 6.07) is 5.86. The van der Waals surface area contributed by atoms with Gasteiger partial charge in [0.2, 0.25) is 5.78 Å². The van der Waals surface area contributed by atoms with Crippen LogP contribution >= 0.6 is 0 Å². The molecule has 1 saturated heterocycles. The van der Waals surface area contributed by atoms with Crippen molar-refractivity contribution >= 4 is 16.8 Å². The second kappa shape index (κ2) is 5.24. The van der Waals surface area contributed by atoms with E-state index in [-0.39, 0.29) is 17.4 Å². The SMILES string of the molecule is CC(C)(C(=O)c1cc2cc(F)ccc2o1)N1CCOCC1. The number of furan rings is 1. The number of carbonyl (C=O) groups is 1. The molecule has 0 N–H and O–H groups in total. The number of rotatable bonds is 3. The topological polar surface area (TPSA) is 42.7 Å². The molecule has 0 spiro atoms. The maximum atomic E-state index is 13.2. The van der Waals surface area contributed by atoms with Gasteiger partial charge in [-0.25, -0.2) is 4.39 Å². The first-order chi connectivity index (χ1) is 9.98. The third kappa shape index (κ3) is 2.59. The van der Waals surface area contributed by atoms with Crippen LogP contribution in [0.1, 0.15) is 24.4 Å². The van der Waals surface area contributed by atoms with Crippen LogP contribution in [0.5, 0.6) is 0 Å². The predicted molar refractivity (Wildman–Crippen MR) is 77.0 cm³/mol. The Labute approximate surface area is 122 Å². The molecule has 0 saturated carbocycles. The van der Waals surface area contributed by atoms with E-state index in [1.165, 1.54) is 12.1 Å². The molecule has 4 nitrogen and oxygen atoms in total. The molecule has 0 amide bonds. The van der Waals surface area contributed by atoms with E-state index < -0.39 is 5.54 Å². The summed E-state index contributed by atoms with van der Waals surface area (Å²) in [6.07, 6.45) is 0. The second-order valence-electron chi connectivity index (χ2n) is 5.78. The van der Waals surface area contributed by atoms with E-state index in [1.54, 1.807) is 12.1 Å². The fourth-order valence-corrected chi connectivity index (χ4v) is 2.69. The first-order valence-electron chi connectivity index (χ1n) is 7.05. The number of nitrogens with zero attached hydrogens (tertiary/aromatic N) is 1. The lowest BCUT2D eigenvalue weighted by molar-refractivity contribution is -0.00514. The number of ketones is 1. The first kappa shape index (κ1) is 14.2. The number of hydrogen-bond acceptors (Lipinski definition) is 4. The van der Waals surface area contributed by atoms with Gasteiger partial charge < -0.3 is 9.15 Å². The van der Waals surface area contributed by atoms with Crippen LogP contribution in [0, 0.1) is 5.82 Å². The molecule has 112 valence electrons. The van der Waals surface area contributed by atoms with Gasteiger partial charge in [-0.3, -0.25) is 9.69 Å². The minimum absolute atomic E-state index is 0.0963. The fourth-order valence-electron chi connectivity index (χ4n) is 2.69. The molecule has 1 fully saturated rings. The van der Waals surface area contributed by atoms with Crippen LogP contribution in [0.4, 0.5) is 4.39 Å². The monoisotopic (exact) mass is 291 g/mol. The maximum Gasteiger partial charge on any atom is 0.217 e. The van der Waals surface area contributed by atoms with Crippen LogP contribution in [-0.4, -0.2) is 42.5 Å². The zero-order valence-corrected chi connectivity index (χ0v) is 12.2. The zero-order chi connectivity index (χ0) is 15.0. The van der Waals surface area contributed by atoms with Gasteiger partial charge in [0.25, 0.3) is 0 Å². The van der Waals surface area contributed by atoms with Gasteiger partial charge in [-0.2, -0.15) is 0 Å². The van der Waals surface area contributed by atoms with Gasteiger partial charge in [0.05, 0.1) is 18.8 Å². The number of hydrogen-bond donors (Lipinski definition) is 0. The molecule has 1 aliphatic heterocycles. The van der Waals surface area contributed by atoms with Gasteiger partial charge in [-0.1, -0.05) is 0 Å². The van der Waals surface area contributed by atoms with Gasteiger partial charge in [0.15, 0.2) is 5.76 Å². The average Bonchev–Trinajstić information content (AvgIpc) is 2.90. The molecule has 0 radical (unpaired) electrons. The lowest BCUT2D eigenvalue weighted by atomic mass is 9.94. The van der Waals surface area contributed by atoms with Crippen molar-refractivity contribution < 1.29 is 18.3 Å². The molecule has 2 heterocycles. The van der Waals surface area contributed by atoms with Crippen LogP contribution in [0.2, 0.25) is 0 Å². The molecule has 1 aromatic carbocycles. The number of fused-ring (bicyclic) bond motifs is 1. The van der Waals surface area contributed by atoms with E-state index in [0.29, 0.717) is 37.3 Å². The van der Waals surface area contributed by atoms with Crippen LogP contribution in [0.3, 0.4) is 0 Å². The van der Waals surface area contributed by atoms with Gasteiger partial charge in [-0.15, -0.1) is 0 Å². The lowest BCUT2D eigenvalue weighted by Gasteiger charge is -2.38. The van der Waals surface area contributed by atoms with Crippen molar-refractivity contribution in [2.24, 2.45) is 0 Å². The highest BCUT2D eigenvalue weighted by Gasteiger charge is 2.37. The van der Waals surface area contributed by atoms with E-state index in [4.69, 9.17) is 9.15 Å². The molecule has 3 rings (SSSR count). The summed E-state index contributed by atoms with van der Waals surface area (Å²) in [4.78, 5) is 14.8. The Hall–Kier alpha value is -1.72. The summed E-state index contributed by atoms with van der Waals surface area (Å²) in [5.41, 5.74) is -0.145. The fraction of sp³-hybridized carbons (Fsp3) is 0.438. The molecule has 0 bridgehead atoms. The number of Topliss-reactive ketones (excluding diaryl/α,β-unsaturated/α-hetero) is 1. The summed E-state index contributed by atoms with van der Waals surface area (Å²) in [5.74, 6) is -0.164. The molecule has 5 heteroatoms. The normalized spacial score (nSPS) is 17.3. The van der Waals surface area contributed by atoms with Gasteiger partial charge in [-0.05, 0) is 38.1 Å². The number of carbonyl (C=O) groups excluding carboxylic acids is 1. The molecule has 2 aromatic rings.